The fourth-order valence-corrected chi connectivity index (χ4v) is 2.60. The first kappa shape index (κ1) is 13.8. The average Bonchev–Trinajstić information content (AvgIpc) is 2.32. The molecule has 18 heavy (non-hydrogen) atoms. The molecule has 100 valence electrons. The van der Waals surface area contributed by atoms with Gasteiger partial charge in [-0.15, -0.1) is 0 Å². The number of nitrogens with zero attached hydrogens (tertiary/aromatic N) is 2. The van der Waals surface area contributed by atoms with E-state index in [1.54, 1.807) is 0 Å². The van der Waals surface area contributed by atoms with E-state index in [4.69, 9.17) is 0 Å². The normalized spacial score (nSPS) is 18.9. The van der Waals surface area contributed by atoms with Gasteiger partial charge >= 0.3 is 0 Å². The third-order valence-corrected chi connectivity index (χ3v) is 3.99. The Hall–Kier alpha value is -0.610. The van der Waals surface area contributed by atoms with Crippen molar-refractivity contribution in [3.63, 3.8) is 0 Å². The van der Waals surface area contributed by atoms with E-state index < -0.39 is 0 Å². The predicted octanol–water partition coefficient (Wildman–Crippen LogP) is 3.52. The van der Waals surface area contributed by atoms with Crippen LogP contribution >= 0.6 is 15.9 Å². The smallest absolute Gasteiger partial charge is 0.126 e. The second-order valence-corrected chi connectivity index (χ2v) is 6.85. The van der Waals surface area contributed by atoms with Gasteiger partial charge in [0.1, 0.15) is 5.82 Å². The summed E-state index contributed by atoms with van der Waals surface area (Å²) < 4.78 is 1.02. The zero-order valence-electron chi connectivity index (χ0n) is 11.4. The van der Waals surface area contributed by atoms with E-state index in [1.807, 2.05) is 18.3 Å². The van der Waals surface area contributed by atoms with Gasteiger partial charge in [0, 0.05) is 35.3 Å². The zero-order valence-corrected chi connectivity index (χ0v) is 13.0. The minimum absolute atomic E-state index is 0.292. The van der Waals surface area contributed by atoms with Crippen molar-refractivity contribution in [1.29, 1.82) is 0 Å². The third-order valence-electron chi connectivity index (χ3n) is 3.52. The van der Waals surface area contributed by atoms with E-state index in [9.17, 15) is 0 Å². The number of pyridine rings is 1. The molecule has 0 atom stereocenters. The Bertz CT molecular complexity index is 375. The lowest BCUT2D eigenvalue weighted by atomic mass is 9.98. The van der Waals surface area contributed by atoms with Gasteiger partial charge in [0.05, 0.1) is 0 Å². The molecule has 2 heterocycles. The molecule has 1 N–H and O–H groups in total. The fourth-order valence-electron chi connectivity index (χ4n) is 2.36. The van der Waals surface area contributed by atoms with Crippen LogP contribution in [0.5, 0.6) is 0 Å². The Morgan fingerprint density at radius 2 is 1.94 bits per heavy atom. The lowest BCUT2D eigenvalue weighted by Gasteiger charge is -2.41. The fraction of sp³-hybridized carbons (Fsp3) is 0.643. The first-order valence-corrected chi connectivity index (χ1v) is 7.37. The number of halogens is 1. The largest absolute Gasteiger partial charge is 0.367 e. The van der Waals surface area contributed by atoms with Gasteiger partial charge in [-0.2, -0.15) is 0 Å². The predicted molar refractivity (Wildman–Crippen MR) is 79.9 cm³/mol. The SMILES string of the molecule is CC(C)(C)N1CCC(Nc2ccc(Br)cn2)CC1. The molecule has 0 bridgehead atoms. The van der Waals surface area contributed by atoms with Gasteiger partial charge in [0.15, 0.2) is 0 Å². The molecule has 0 aliphatic carbocycles. The molecule has 0 saturated carbocycles. The number of piperidine rings is 1. The van der Waals surface area contributed by atoms with Crippen LogP contribution in [0.25, 0.3) is 0 Å². The van der Waals surface area contributed by atoms with Crippen LogP contribution in [0.4, 0.5) is 5.82 Å². The van der Waals surface area contributed by atoms with Gasteiger partial charge in [-0.3, -0.25) is 4.90 Å². The Labute approximate surface area is 118 Å². The van der Waals surface area contributed by atoms with Crippen molar-refractivity contribution in [1.82, 2.24) is 9.88 Å². The molecule has 0 radical (unpaired) electrons. The van der Waals surface area contributed by atoms with Crippen LogP contribution in [-0.2, 0) is 0 Å². The molecule has 0 aromatic carbocycles. The summed E-state index contributed by atoms with van der Waals surface area (Å²) in [6, 6.07) is 4.61. The van der Waals surface area contributed by atoms with Crippen molar-refractivity contribution < 1.29 is 0 Å². The molecule has 1 saturated heterocycles. The molecule has 1 aliphatic rings. The summed E-state index contributed by atoms with van der Waals surface area (Å²) in [5.74, 6) is 0.979. The van der Waals surface area contributed by atoms with Crippen LogP contribution < -0.4 is 5.32 Å². The van der Waals surface area contributed by atoms with Gasteiger partial charge in [-0.25, -0.2) is 4.98 Å². The number of likely N-dealkylation sites (tertiary alicyclic amines) is 1. The maximum atomic E-state index is 4.37. The Balaban J connectivity index is 1.85. The molecule has 1 fully saturated rings. The van der Waals surface area contributed by atoms with Crippen molar-refractivity contribution in [2.75, 3.05) is 18.4 Å². The topological polar surface area (TPSA) is 28.2 Å². The first-order valence-electron chi connectivity index (χ1n) is 6.58. The summed E-state index contributed by atoms with van der Waals surface area (Å²) in [6.07, 6.45) is 4.22. The standard InChI is InChI=1S/C14H22BrN3/c1-14(2,3)18-8-6-12(7-9-18)17-13-5-4-11(15)10-16-13/h4-5,10,12H,6-9H2,1-3H3,(H,16,17). The maximum absolute atomic E-state index is 4.37. The first-order chi connectivity index (χ1) is 8.45. The van der Waals surface area contributed by atoms with E-state index in [0.717, 1.165) is 23.4 Å². The van der Waals surface area contributed by atoms with Crippen LogP contribution in [0, 0.1) is 0 Å². The summed E-state index contributed by atoms with van der Waals surface area (Å²) >= 11 is 3.40. The molecular weight excluding hydrogens is 290 g/mol. The Kier molecular flexibility index (Phi) is 4.28. The molecule has 0 amide bonds. The molecule has 2 rings (SSSR count). The summed E-state index contributed by atoms with van der Waals surface area (Å²) in [6.45, 7) is 9.19. The highest BCUT2D eigenvalue weighted by Crippen LogP contribution is 2.22. The van der Waals surface area contributed by atoms with Crippen molar-refractivity contribution >= 4 is 21.7 Å². The summed E-state index contributed by atoms with van der Waals surface area (Å²) in [7, 11) is 0. The number of nitrogens with one attached hydrogen (secondary N) is 1. The lowest BCUT2D eigenvalue weighted by molar-refractivity contribution is 0.106. The van der Waals surface area contributed by atoms with Gasteiger partial charge in [-0.05, 0) is 61.7 Å². The van der Waals surface area contributed by atoms with Crippen LogP contribution in [0.2, 0.25) is 0 Å². The second kappa shape index (κ2) is 5.57. The van der Waals surface area contributed by atoms with Crippen molar-refractivity contribution in [2.24, 2.45) is 0 Å². The van der Waals surface area contributed by atoms with Crippen LogP contribution in [0.1, 0.15) is 33.6 Å². The van der Waals surface area contributed by atoms with Crippen LogP contribution in [0.3, 0.4) is 0 Å². The number of hydrogen-bond acceptors (Lipinski definition) is 3. The van der Waals surface area contributed by atoms with E-state index in [1.165, 1.54) is 12.8 Å². The number of rotatable bonds is 2. The Morgan fingerprint density at radius 1 is 1.28 bits per heavy atom. The van der Waals surface area contributed by atoms with Gasteiger partial charge < -0.3 is 5.32 Å². The van der Waals surface area contributed by atoms with Crippen LogP contribution in [0.15, 0.2) is 22.8 Å². The number of anilines is 1. The van der Waals surface area contributed by atoms with Gasteiger partial charge in [-0.1, -0.05) is 0 Å². The van der Waals surface area contributed by atoms with Gasteiger partial charge in [0.25, 0.3) is 0 Å². The molecule has 1 aromatic rings. The molecular formula is C14H22BrN3. The Morgan fingerprint density at radius 3 is 2.44 bits per heavy atom. The third kappa shape index (κ3) is 3.69. The van der Waals surface area contributed by atoms with Crippen LogP contribution in [-0.4, -0.2) is 34.6 Å². The highest BCUT2D eigenvalue weighted by molar-refractivity contribution is 9.10. The second-order valence-electron chi connectivity index (χ2n) is 5.94. The molecule has 4 heteroatoms. The molecule has 3 nitrogen and oxygen atoms in total. The van der Waals surface area contributed by atoms with E-state index in [-0.39, 0.29) is 0 Å². The van der Waals surface area contributed by atoms with E-state index in [2.05, 4.69) is 51.9 Å². The monoisotopic (exact) mass is 311 g/mol. The van der Waals surface area contributed by atoms with Crippen molar-refractivity contribution in [2.45, 2.75) is 45.2 Å². The molecule has 1 aromatic heterocycles. The van der Waals surface area contributed by atoms with Crippen molar-refractivity contribution in [3.05, 3.63) is 22.8 Å². The zero-order chi connectivity index (χ0) is 13.2. The summed E-state index contributed by atoms with van der Waals surface area (Å²) in [5, 5.41) is 3.52. The van der Waals surface area contributed by atoms with Gasteiger partial charge in [0.2, 0.25) is 0 Å². The molecule has 0 unspecified atom stereocenters. The highest BCUT2D eigenvalue weighted by Gasteiger charge is 2.26. The quantitative estimate of drug-likeness (QED) is 0.905. The minimum atomic E-state index is 0.292. The molecule has 1 aliphatic heterocycles. The average molecular weight is 312 g/mol. The highest BCUT2D eigenvalue weighted by atomic mass is 79.9. The van der Waals surface area contributed by atoms with Crippen molar-refractivity contribution in [3.8, 4) is 0 Å². The summed E-state index contributed by atoms with van der Waals surface area (Å²) in [4.78, 5) is 6.92. The summed E-state index contributed by atoms with van der Waals surface area (Å²) in [5.41, 5.74) is 0.292. The maximum Gasteiger partial charge on any atom is 0.126 e. The lowest BCUT2D eigenvalue weighted by Crippen LogP contribution is -2.48. The van der Waals surface area contributed by atoms with E-state index in [0.29, 0.717) is 11.6 Å². The molecule has 0 spiro atoms. The minimum Gasteiger partial charge on any atom is -0.367 e. The van der Waals surface area contributed by atoms with E-state index >= 15 is 0 Å². The number of aromatic nitrogens is 1. The number of hydrogen-bond donors (Lipinski definition) is 1.